The summed E-state index contributed by atoms with van der Waals surface area (Å²) in [6.45, 7) is 2.30. The minimum absolute atomic E-state index is 0.562. The van der Waals surface area contributed by atoms with Crippen molar-refractivity contribution in [2.45, 2.75) is 38.5 Å². The summed E-state index contributed by atoms with van der Waals surface area (Å²) in [4.78, 5) is 2.28. The van der Waals surface area contributed by atoms with Gasteiger partial charge < -0.3 is 9.47 Å². The van der Waals surface area contributed by atoms with Crippen molar-refractivity contribution in [1.82, 2.24) is 15.1 Å². The highest BCUT2D eigenvalue weighted by molar-refractivity contribution is 5.37. The van der Waals surface area contributed by atoms with Crippen LogP contribution >= 0.6 is 0 Å². The summed E-state index contributed by atoms with van der Waals surface area (Å²) in [5, 5.41) is 7.58. The fourth-order valence-electron chi connectivity index (χ4n) is 2.91. The predicted molar refractivity (Wildman–Crippen MR) is 89.4 cm³/mol. The molecule has 3 rings (SSSR count). The summed E-state index contributed by atoms with van der Waals surface area (Å²) >= 11 is 0. The van der Waals surface area contributed by atoms with Gasteiger partial charge in [0.1, 0.15) is 5.75 Å². The van der Waals surface area contributed by atoms with E-state index in [4.69, 9.17) is 9.47 Å². The van der Waals surface area contributed by atoms with E-state index in [0.29, 0.717) is 12.5 Å². The molecule has 1 aliphatic carbocycles. The van der Waals surface area contributed by atoms with E-state index in [9.17, 15) is 0 Å². The van der Waals surface area contributed by atoms with Crippen LogP contribution in [0.3, 0.4) is 0 Å². The van der Waals surface area contributed by atoms with Crippen LogP contribution in [-0.2, 0) is 24.4 Å². The van der Waals surface area contributed by atoms with Gasteiger partial charge in [0, 0.05) is 37.4 Å². The largest absolute Gasteiger partial charge is 0.496 e. The quantitative estimate of drug-likeness (QED) is 0.813. The van der Waals surface area contributed by atoms with Gasteiger partial charge in [-0.3, -0.25) is 10.00 Å². The Labute approximate surface area is 137 Å². The third kappa shape index (κ3) is 4.12. The van der Waals surface area contributed by atoms with Crippen molar-refractivity contribution in [3.05, 3.63) is 46.8 Å². The zero-order valence-electron chi connectivity index (χ0n) is 14.1. The first-order valence-electron chi connectivity index (χ1n) is 8.07. The molecule has 0 spiro atoms. The number of aromatic amines is 1. The highest BCUT2D eigenvalue weighted by Gasteiger charge is 2.26. The topological polar surface area (TPSA) is 50.4 Å². The predicted octanol–water partition coefficient (Wildman–Crippen LogP) is 3.07. The molecule has 1 aliphatic rings. The van der Waals surface area contributed by atoms with Gasteiger partial charge in [0.15, 0.2) is 0 Å². The van der Waals surface area contributed by atoms with Crippen molar-refractivity contribution in [3.8, 4) is 5.75 Å². The molecule has 0 amide bonds. The Morgan fingerprint density at radius 2 is 2.04 bits per heavy atom. The molecule has 0 atom stereocenters. The lowest BCUT2D eigenvalue weighted by Crippen LogP contribution is -2.17. The van der Waals surface area contributed by atoms with Crippen LogP contribution in [0.4, 0.5) is 0 Å². The molecule has 1 fully saturated rings. The van der Waals surface area contributed by atoms with Crippen molar-refractivity contribution in [3.63, 3.8) is 0 Å². The molecule has 2 aromatic rings. The molecule has 124 valence electrons. The molecule has 1 N–H and O–H groups in total. The lowest BCUT2D eigenvalue weighted by atomic mass is 10.1. The third-order valence-electron chi connectivity index (χ3n) is 4.18. The summed E-state index contributed by atoms with van der Waals surface area (Å²) in [5.41, 5.74) is 4.74. The Balaban J connectivity index is 1.61. The van der Waals surface area contributed by atoms with Gasteiger partial charge in [-0.2, -0.15) is 5.10 Å². The number of hydrogen-bond acceptors (Lipinski definition) is 4. The van der Waals surface area contributed by atoms with Crippen LogP contribution in [0, 0.1) is 0 Å². The minimum atomic E-state index is 0.562. The summed E-state index contributed by atoms with van der Waals surface area (Å²) < 4.78 is 10.6. The van der Waals surface area contributed by atoms with Crippen molar-refractivity contribution in [2.75, 3.05) is 21.3 Å². The number of aromatic nitrogens is 2. The van der Waals surface area contributed by atoms with Crippen LogP contribution in [0.1, 0.15) is 41.3 Å². The number of ether oxygens (including phenoxy) is 2. The molecule has 0 aliphatic heterocycles. The van der Waals surface area contributed by atoms with Gasteiger partial charge in [-0.1, -0.05) is 6.07 Å². The number of methoxy groups -OCH3 is 2. The van der Waals surface area contributed by atoms with Crippen molar-refractivity contribution < 1.29 is 9.47 Å². The molecule has 1 heterocycles. The third-order valence-corrected chi connectivity index (χ3v) is 4.18. The van der Waals surface area contributed by atoms with E-state index < -0.39 is 0 Å². The van der Waals surface area contributed by atoms with E-state index in [1.165, 1.54) is 29.8 Å². The highest BCUT2D eigenvalue weighted by atomic mass is 16.5. The maximum absolute atomic E-state index is 5.38. The number of rotatable bonds is 8. The van der Waals surface area contributed by atoms with Crippen molar-refractivity contribution >= 4 is 0 Å². The number of hydrogen-bond donors (Lipinski definition) is 1. The van der Waals surface area contributed by atoms with E-state index in [1.54, 1.807) is 14.2 Å². The molecule has 1 saturated carbocycles. The molecule has 5 nitrogen and oxygen atoms in total. The molecule has 0 saturated heterocycles. The Bertz CT molecular complexity index is 649. The fourth-order valence-corrected chi connectivity index (χ4v) is 2.91. The Morgan fingerprint density at radius 1 is 1.22 bits per heavy atom. The van der Waals surface area contributed by atoms with Gasteiger partial charge >= 0.3 is 0 Å². The molecular formula is C18H25N3O2. The standard InChI is InChI=1S/C18H25N3O2/c1-21(11-16-9-17(20-19-16)14-5-6-14)10-13-4-7-18(23-3)15(8-13)12-22-2/h4,7-9,14H,5-6,10-12H2,1-3H3,(H,19,20). The van der Waals surface area contributed by atoms with Gasteiger partial charge in [0.2, 0.25) is 0 Å². The second-order valence-electron chi connectivity index (χ2n) is 6.34. The van der Waals surface area contributed by atoms with E-state index in [1.807, 2.05) is 6.07 Å². The normalized spacial score (nSPS) is 14.4. The maximum Gasteiger partial charge on any atom is 0.124 e. The molecule has 0 bridgehead atoms. The molecule has 0 radical (unpaired) electrons. The number of H-pyrrole nitrogens is 1. The SMILES string of the molecule is COCc1cc(CN(C)Cc2cc(C3CC3)n[nH]2)ccc1OC. The molecule has 1 aromatic carbocycles. The van der Waals surface area contributed by atoms with Crippen LogP contribution in [0.2, 0.25) is 0 Å². The Kier molecular flexibility index (Phi) is 4.98. The first-order valence-corrected chi connectivity index (χ1v) is 8.07. The minimum Gasteiger partial charge on any atom is -0.496 e. The van der Waals surface area contributed by atoms with E-state index >= 15 is 0 Å². The molecule has 5 heteroatoms. The van der Waals surface area contributed by atoms with Gasteiger partial charge in [-0.05, 0) is 43.7 Å². The molecule has 1 aromatic heterocycles. The lowest BCUT2D eigenvalue weighted by Gasteiger charge is -2.17. The average Bonchev–Trinajstić information content (AvgIpc) is 3.28. The highest BCUT2D eigenvalue weighted by Crippen LogP contribution is 2.39. The van der Waals surface area contributed by atoms with Crippen LogP contribution < -0.4 is 4.74 Å². The monoisotopic (exact) mass is 315 g/mol. The van der Waals surface area contributed by atoms with Gasteiger partial charge in [0.25, 0.3) is 0 Å². The van der Waals surface area contributed by atoms with Crippen LogP contribution in [0.5, 0.6) is 5.75 Å². The smallest absolute Gasteiger partial charge is 0.124 e. The van der Waals surface area contributed by atoms with E-state index in [-0.39, 0.29) is 0 Å². The number of benzene rings is 1. The van der Waals surface area contributed by atoms with Crippen molar-refractivity contribution in [1.29, 1.82) is 0 Å². The fraction of sp³-hybridized carbons (Fsp3) is 0.500. The number of nitrogens with one attached hydrogen (secondary N) is 1. The first-order chi connectivity index (χ1) is 11.2. The second kappa shape index (κ2) is 7.15. The molecule has 0 unspecified atom stereocenters. The summed E-state index contributed by atoms with van der Waals surface area (Å²) in [6.07, 6.45) is 2.57. The van der Waals surface area contributed by atoms with Gasteiger partial charge in [0.05, 0.1) is 19.4 Å². The van der Waals surface area contributed by atoms with Gasteiger partial charge in [-0.15, -0.1) is 0 Å². The number of nitrogens with zero attached hydrogens (tertiary/aromatic N) is 2. The van der Waals surface area contributed by atoms with Crippen molar-refractivity contribution in [2.24, 2.45) is 0 Å². The van der Waals surface area contributed by atoms with E-state index in [2.05, 4.69) is 40.3 Å². The van der Waals surface area contributed by atoms with Crippen LogP contribution in [0.15, 0.2) is 24.3 Å². The molecular weight excluding hydrogens is 290 g/mol. The molecule has 23 heavy (non-hydrogen) atoms. The average molecular weight is 315 g/mol. The van der Waals surface area contributed by atoms with E-state index in [0.717, 1.165) is 24.4 Å². The van der Waals surface area contributed by atoms with Crippen LogP contribution in [-0.4, -0.2) is 36.4 Å². The zero-order valence-corrected chi connectivity index (χ0v) is 14.1. The summed E-state index contributed by atoms with van der Waals surface area (Å²) in [5.74, 6) is 1.57. The second-order valence-corrected chi connectivity index (χ2v) is 6.34. The maximum atomic E-state index is 5.38. The Hall–Kier alpha value is -1.85. The van der Waals surface area contributed by atoms with Crippen LogP contribution in [0.25, 0.3) is 0 Å². The Morgan fingerprint density at radius 3 is 2.74 bits per heavy atom. The zero-order chi connectivity index (χ0) is 16.2. The summed E-state index contributed by atoms with van der Waals surface area (Å²) in [7, 11) is 5.52. The summed E-state index contributed by atoms with van der Waals surface area (Å²) in [6, 6.07) is 8.48. The van der Waals surface area contributed by atoms with Gasteiger partial charge in [-0.25, -0.2) is 0 Å². The lowest BCUT2D eigenvalue weighted by molar-refractivity contribution is 0.181. The first kappa shape index (κ1) is 16.0.